The van der Waals surface area contributed by atoms with Crippen molar-refractivity contribution >= 4 is 17.8 Å². The van der Waals surface area contributed by atoms with Crippen molar-refractivity contribution in [2.24, 2.45) is 4.99 Å². The second-order valence-electron chi connectivity index (χ2n) is 4.82. The van der Waals surface area contributed by atoms with Gasteiger partial charge in [0, 0.05) is 0 Å². The number of hydrogen-bond acceptors (Lipinski definition) is 5. The van der Waals surface area contributed by atoms with E-state index >= 15 is 0 Å². The van der Waals surface area contributed by atoms with Gasteiger partial charge in [-0.2, -0.15) is 0 Å². The van der Waals surface area contributed by atoms with Gasteiger partial charge in [0.25, 0.3) is 5.91 Å². The first-order valence-corrected chi connectivity index (χ1v) is 6.85. The molecular formula is C16H12N2O4. The van der Waals surface area contributed by atoms with Crippen LogP contribution in [0.1, 0.15) is 11.3 Å². The van der Waals surface area contributed by atoms with Gasteiger partial charge in [-0.15, -0.1) is 0 Å². The fraction of sp³-hybridized carbons (Fsp3) is 0.125. The van der Waals surface area contributed by atoms with E-state index in [1.165, 1.54) is 6.26 Å². The van der Waals surface area contributed by atoms with Gasteiger partial charge < -0.3 is 19.2 Å². The number of hydrogen-bond donors (Lipinski definition) is 1. The summed E-state index contributed by atoms with van der Waals surface area (Å²) in [6.45, 7) is 1.07. The molecular weight excluding hydrogens is 284 g/mol. The lowest BCUT2D eigenvalue weighted by Gasteiger charge is -2.18. The van der Waals surface area contributed by atoms with Crippen LogP contribution >= 0.6 is 0 Å². The molecule has 0 spiro atoms. The summed E-state index contributed by atoms with van der Waals surface area (Å²) < 4.78 is 16.2. The van der Waals surface area contributed by atoms with Crippen molar-refractivity contribution in [1.29, 1.82) is 0 Å². The topological polar surface area (TPSA) is 73.1 Å². The summed E-state index contributed by atoms with van der Waals surface area (Å²) in [6.07, 6.45) is 3.23. The van der Waals surface area contributed by atoms with Crippen molar-refractivity contribution in [2.75, 3.05) is 13.2 Å². The number of carbonyl (C=O) groups excluding carboxylic acids is 1. The summed E-state index contributed by atoms with van der Waals surface area (Å²) >= 11 is 0. The third-order valence-electron chi connectivity index (χ3n) is 3.32. The molecule has 110 valence electrons. The molecule has 0 aliphatic carbocycles. The minimum absolute atomic E-state index is 0.263. The van der Waals surface area contributed by atoms with E-state index in [0.717, 1.165) is 5.56 Å². The second-order valence-corrected chi connectivity index (χ2v) is 4.82. The molecule has 1 N–H and O–H groups in total. The van der Waals surface area contributed by atoms with Gasteiger partial charge in [0.15, 0.2) is 23.1 Å². The first kappa shape index (κ1) is 12.7. The van der Waals surface area contributed by atoms with Crippen LogP contribution in [0, 0.1) is 0 Å². The van der Waals surface area contributed by atoms with Gasteiger partial charge in [-0.3, -0.25) is 4.79 Å². The van der Waals surface area contributed by atoms with Crippen molar-refractivity contribution in [3.05, 3.63) is 53.6 Å². The molecule has 2 aliphatic rings. The summed E-state index contributed by atoms with van der Waals surface area (Å²) in [7, 11) is 0. The minimum atomic E-state index is -0.263. The monoisotopic (exact) mass is 296 g/mol. The highest BCUT2D eigenvalue weighted by molar-refractivity contribution is 6.18. The van der Waals surface area contributed by atoms with E-state index in [-0.39, 0.29) is 5.91 Å². The van der Waals surface area contributed by atoms with E-state index in [1.807, 2.05) is 18.2 Å². The van der Waals surface area contributed by atoms with Crippen molar-refractivity contribution in [3.8, 4) is 11.5 Å². The van der Waals surface area contributed by atoms with E-state index in [0.29, 0.717) is 42.0 Å². The molecule has 3 heterocycles. The Labute approximate surface area is 126 Å². The van der Waals surface area contributed by atoms with Crippen LogP contribution in [-0.2, 0) is 4.79 Å². The fourth-order valence-electron chi connectivity index (χ4n) is 2.31. The third-order valence-corrected chi connectivity index (χ3v) is 3.32. The van der Waals surface area contributed by atoms with Crippen molar-refractivity contribution < 1.29 is 18.7 Å². The summed E-state index contributed by atoms with van der Waals surface area (Å²) in [4.78, 5) is 16.3. The van der Waals surface area contributed by atoms with E-state index in [1.54, 1.807) is 18.2 Å². The van der Waals surface area contributed by atoms with Crippen LogP contribution in [0.3, 0.4) is 0 Å². The van der Waals surface area contributed by atoms with Gasteiger partial charge in [0.2, 0.25) is 0 Å². The lowest BCUT2D eigenvalue weighted by atomic mass is 10.1. The zero-order valence-electron chi connectivity index (χ0n) is 11.5. The van der Waals surface area contributed by atoms with Crippen LogP contribution in [0.2, 0.25) is 0 Å². The predicted octanol–water partition coefficient (Wildman–Crippen LogP) is 1.97. The van der Waals surface area contributed by atoms with Crippen molar-refractivity contribution in [3.63, 3.8) is 0 Å². The minimum Gasteiger partial charge on any atom is -0.486 e. The number of amidine groups is 1. The van der Waals surface area contributed by atoms with Crippen LogP contribution < -0.4 is 14.8 Å². The molecule has 6 nitrogen and oxygen atoms in total. The average molecular weight is 296 g/mol. The number of carbonyl (C=O) groups is 1. The molecule has 0 radical (unpaired) electrons. The van der Waals surface area contributed by atoms with E-state index in [2.05, 4.69) is 10.3 Å². The van der Waals surface area contributed by atoms with Crippen molar-refractivity contribution in [1.82, 2.24) is 5.32 Å². The molecule has 0 saturated heterocycles. The highest BCUT2D eigenvalue weighted by Crippen LogP contribution is 2.31. The molecule has 1 aromatic heterocycles. The lowest BCUT2D eigenvalue weighted by Crippen LogP contribution is -2.24. The summed E-state index contributed by atoms with van der Waals surface area (Å²) in [5.74, 6) is 2.07. The Morgan fingerprint density at radius 1 is 1.14 bits per heavy atom. The highest BCUT2D eigenvalue weighted by Gasteiger charge is 2.23. The van der Waals surface area contributed by atoms with Crippen molar-refractivity contribution in [2.45, 2.75) is 0 Å². The maximum Gasteiger partial charge on any atom is 0.275 e. The molecule has 2 aromatic rings. The number of furan rings is 1. The molecule has 1 aromatic carbocycles. The molecule has 0 unspecified atom stereocenters. The van der Waals surface area contributed by atoms with Crippen LogP contribution in [0.25, 0.3) is 6.08 Å². The van der Waals surface area contributed by atoms with Crippen LogP contribution in [-0.4, -0.2) is 25.0 Å². The first-order valence-electron chi connectivity index (χ1n) is 6.85. The number of nitrogens with zero attached hydrogens (tertiary/aromatic N) is 1. The Balaban J connectivity index is 1.66. The Morgan fingerprint density at radius 3 is 2.82 bits per heavy atom. The van der Waals surface area contributed by atoms with Gasteiger partial charge in [-0.25, -0.2) is 4.99 Å². The first-order chi connectivity index (χ1) is 10.8. The van der Waals surface area contributed by atoms with Crippen LogP contribution in [0.4, 0.5) is 0 Å². The maximum atomic E-state index is 12.0. The molecule has 0 fully saturated rings. The molecule has 1 amide bonds. The Kier molecular flexibility index (Phi) is 2.93. The summed E-state index contributed by atoms with van der Waals surface area (Å²) in [5.41, 5.74) is 1.14. The van der Waals surface area contributed by atoms with E-state index in [9.17, 15) is 4.79 Å². The maximum absolute atomic E-state index is 12.0. The number of amides is 1. The number of aliphatic imine (C=N–C) groups is 1. The average Bonchev–Trinajstić information content (AvgIpc) is 3.18. The fourth-order valence-corrected chi connectivity index (χ4v) is 2.31. The molecule has 22 heavy (non-hydrogen) atoms. The normalized spacial score (nSPS) is 18.3. The number of ether oxygens (including phenoxy) is 2. The Bertz CT molecular complexity index is 790. The standard InChI is InChI=1S/C16H12N2O4/c19-16-11(17-15(18-16)13-2-1-5-20-13)8-10-3-4-12-14(9-10)22-7-6-21-12/h1-5,8-9H,6-7H2,(H,17,18,19)/b11-8+. The van der Waals surface area contributed by atoms with Gasteiger partial charge in [0.1, 0.15) is 18.9 Å². The second kappa shape index (κ2) is 5.07. The Morgan fingerprint density at radius 2 is 2.00 bits per heavy atom. The van der Waals surface area contributed by atoms with Gasteiger partial charge >= 0.3 is 0 Å². The zero-order chi connectivity index (χ0) is 14.9. The summed E-state index contributed by atoms with van der Waals surface area (Å²) in [5, 5.41) is 2.68. The smallest absolute Gasteiger partial charge is 0.275 e. The van der Waals surface area contributed by atoms with Gasteiger partial charge in [0.05, 0.1) is 6.26 Å². The number of benzene rings is 1. The van der Waals surface area contributed by atoms with Gasteiger partial charge in [-0.1, -0.05) is 6.07 Å². The van der Waals surface area contributed by atoms with Crippen LogP contribution in [0.5, 0.6) is 11.5 Å². The zero-order valence-corrected chi connectivity index (χ0v) is 11.5. The largest absolute Gasteiger partial charge is 0.486 e. The molecule has 6 heteroatoms. The predicted molar refractivity (Wildman–Crippen MR) is 78.8 cm³/mol. The number of nitrogens with one attached hydrogen (secondary N) is 1. The molecule has 0 bridgehead atoms. The van der Waals surface area contributed by atoms with E-state index in [4.69, 9.17) is 13.9 Å². The van der Waals surface area contributed by atoms with Crippen LogP contribution in [0.15, 0.2) is 51.7 Å². The van der Waals surface area contributed by atoms with E-state index < -0.39 is 0 Å². The molecule has 4 rings (SSSR count). The SMILES string of the molecule is O=C1NC(c2ccco2)=N/C1=C/c1ccc2c(c1)OCCO2. The third kappa shape index (κ3) is 2.24. The lowest BCUT2D eigenvalue weighted by molar-refractivity contribution is -0.115. The van der Waals surface area contributed by atoms with Gasteiger partial charge in [-0.05, 0) is 35.9 Å². The summed E-state index contributed by atoms with van der Waals surface area (Å²) in [6, 6.07) is 8.99. The Hall–Kier alpha value is -3.02. The quantitative estimate of drug-likeness (QED) is 0.860. The molecule has 0 atom stereocenters. The number of fused-ring (bicyclic) bond motifs is 1. The number of rotatable bonds is 2. The molecule has 2 aliphatic heterocycles. The highest BCUT2D eigenvalue weighted by atomic mass is 16.6. The molecule has 0 saturated carbocycles.